The molecular formula is C12H18N6O. The van der Waals surface area contributed by atoms with Crippen molar-refractivity contribution in [3.63, 3.8) is 0 Å². The Morgan fingerprint density at radius 3 is 2.74 bits per heavy atom. The number of hydrogen-bond acceptors (Lipinski definition) is 5. The topological polar surface area (TPSA) is 112 Å². The summed E-state index contributed by atoms with van der Waals surface area (Å²) in [5.74, 6) is 1.34. The number of nitrogens with zero attached hydrogens (tertiary/aromatic N) is 2. The first-order valence-corrected chi connectivity index (χ1v) is 6.49. The van der Waals surface area contributed by atoms with Gasteiger partial charge in [-0.15, -0.1) is 0 Å². The highest BCUT2D eigenvalue weighted by Crippen LogP contribution is 2.36. The van der Waals surface area contributed by atoms with Crippen molar-refractivity contribution in [1.82, 2.24) is 25.3 Å². The normalized spacial score (nSPS) is 23.5. The summed E-state index contributed by atoms with van der Waals surface area (Å²) in [6.07, 6.45) is 0.998. The molecule has 1 saturated heterocycles. The van der Waals surface area contributed by atoms with E-state index in [-0.39, 0.29) is 16.9 Å². The predicted molar refractivity (Wildman–Crippen MR) is 72.9 cm³/mol. The standard InChI is InChI=1S/C12H18N6O/c1-6(2)12(3-4-14-5-12)10-15-7-8(16-10)17-11(13)18-9(7)19/h6,14H,3-5H2,1-2H3,(H4,13,15,16,17,18,19). The van der Waals surface area contributed by atoms with Crippen molar-refractivity contribution in [3.8, 4) is 0 Å². The van der Waals surface area contributed by atoms with Crippen LogP contribution in [-0.2, 0) is 5.41 Å². The number of fused-ring (bicyclic) bond motifs is 1. The van der Waals surface area contributed by atoms with Crippen LogP contribution in [0.25, 0.3) is 11.2 Å². The van der Waals surface area contributed by atoms with Gasteiger partial charge >= 0.3 is 0 Å². The van der Waals surface area contributed by atoms with Crippen LogP contribution >= 0.6 is 0 Å². The fourth-order valence-corrected chi connectivity index (χ4v) is 2.84. The molecule has 2 aromatic rings. The molecule has 7 heteroatoms. The van der Waals surface area contributed by atoms with Gasteiger partial charge in [-0.1, -0.05) is 13.8 Å². The molecule has 1 aliphatic heterocycles. The van der Waals surface area contributed by atoms with Gasteiger partial charge in [0.2, 0.25) is 5.95 Å². The highest BCUT2D eigenvalue weighted by atomic mass is 16.1. The number of nitrogens with two attached hydrogens (primary N) is 1. The minimum Gasteiger partial charge on any atom is -0.369 e. The van der Waals surface area contributed by atoms with Crippen molar-refractivity contribution in [2.45, 2.75) is 25.7 Å². The van der Waals surface area contributed by atoms with Crippen molar-refractivity contribution >= 4 is 17.1 Å². The molecule has 3 heterocycles. The summed E-state index contributed by atoms with van der Waals surface area (Å²) in [5, 5.41) is 3.37. The smallest absolute Gasteiger partial charge is 0.278 e. The zero-order valence-corrected chi connectivity index (χ0v) is 11.1. The van der Waals surface area contributed by atoms with Crippen LogP contribution in [0.4, 0.5) is 5.95 Å². The number of hydrogen-bond donors (Lipinski definition) is 4. The summed E-state index contributed by atoms with van der Waals surface area (Å²) < 4.78 is 0. The number of H-pyrrole nitrogens is 2. The molecule has 0 radical (unpaired) electrons. The number of nitrogen functional groups attached to an aromatic ring is 1. The molecule has 1 unspecified atom stereocenters. The number of aromatic amines is 2. The lowest BCUT2D eigenvalue weighted by molar-refractivity contribution is 0.320. The van der Waals surface area contributed by atoms with Crippen LogP contribution in [0, 0.1) is 5.92 Å². The lowest BCUT2D eigenvalue weighted by Gasteiger charge is -2.30. The monoisotopic (exact) mass is 262 g/mol. The van der Waals surface area contributed by atoms with Crippen LogP contribution < -0.4 is 16.6 Å². The molecule has 0 spiro atoms. The zero-order valence-electron chi connectivity index (χ0n) is 11.1. The first-order valence-electron chi connectivity index (χ1n) is 6.49. The third-order valence-corrected chi connectivity index (χ3v) is 4.14. The summed E-state index contributed by atoms with van der Waals surface area (Å²) in [6, 6.07) is 0. The van der Waals surface area contributed by atoms with E-state index in [4.69, 9.17) is 5.73 Å². The molecule has 1 atom stereocenters. The Balaban J connectivity index is 2.20. The van der Waals surface area contributed by atoms with Gasteiger partial charge in [0.1, 0.15) is 5.82 Å². The van der Waals surface area contributed by atoms with Gasteiger partial charge in [0.05, 0.1) is 0 Å². The molecule has 102 valence electrons. The maximum Gasteiger partial charge on any atom is 0.278 e. The molecule has 1 fully saturated rings. The van der Waals surface area contributed by atoms with Crippen molar-refractivity contribution in [3.05, 3.63) is 16.2 Å². The molecule has 19 heavy (non-hydrogen) atoms. The molecule has 0 amide bonds. The van der Waals surface area contributed by atoms with Crippen LogP contribution in [0.1, 0.15) is 26.1 Å². The van der Waals surface area contributed by atoms with Crippen molar-refractivity contribution < 1.29 is 0 Å². The maximum absolute atomic E-state index is 11.8. The summed E-state index contributed by atoms with van der Waals surface area (Å²) in [6.45, 7) is 6.16. The van der Waals surface area contributed by atoms with E-state index in [1.165, 1.54) is 0 Å². The summed E-state index contributed by atoms with van der Waals surface area (Å²) in [5.41, 5.74) is 6.00. The van der Waals surface area contributed by atoms with Gasteiger partial charge in [-0.2, -0.15) is 4.98 Å². The van der Waals surface area contributed by atoms with Gasteiger partial charge in [-0.3, -0.25) is 9.78 Å². The fourth-order valence-electron chi connectivity index (χ4n) is 2.84. The molecule has 0 saturated carbocycles. The van der Waals surface area contributed by atoms with Gasteiger partial charge < -0.3 is 16.0 Å². The van der Waals surface area contributed by atoms with E-state index in [1.807, 2.05) is 0 Å². The second-order valence-corrected chi connectivity index (χ2v) is 5.47. The molecule has 5 N–H and O–H groups in total. The first kappa shape index (κ1) is 12.2. The number of aromatic nitrogens is 4. The van der Waals surface area contributed by atoms with Crippen LogP contribution in [-0.4, -0.2) is 33.0 Å². The molecule has 0 aliphatic carbocycles. The van der Waals surface area contributed by atoms with Gasteiger partial charge in [-0.25, -0.2) is 4.98 Å². The van der Waals surface area contributed by atoms with Crippen molar-refractivity contribution in [2.75, 3.05) is 18.8 Å². The summed E-state index contributed by atoms with van der Waals surface area (Å²) in [4.78, 5) is 26.0. The summed E-state index contributed by atoms with van der Waals surface area (Å²) >= 11 is 0. The Morgan fingerprint density at radius 1 is 1.32 bits per heavy atom. The molecule has 0 aromatic carbocycles. The lowest BCUT2D eigenvalue weighted by atomic mass is 9.76. The second-order valence-electron chi connectivity index (χ2n) is 5.47. The highest BCUT2D eigenvalue weighted by Gasteiger charge is 2.41. The Morgan fingerprint density at radius 2 is 2.11 bits per heavy atom. The number of anilines is 1. The Bertz CT molecular complexity index is 664. The van der Waals surface area contributed by atoms with Crippen molar-refractivity contribution in [2.24, 2.45) is 5.92 Å². The molecule has 7 nitrogen and oxygen atoms in total. The van der Waals surface area contributed by atoms with E-state index >= 15 is 0 Å². The van der Waals surface area contributed by atoms with E-state index in [2.05, 4.69) is 39.1 Å². The Hall–Kier alpha value is -1.89. The first-order chi connectivity index (χ1) is 9.03. The van der Waals surface area contributed by atoms with Gasteiger partial charge in [0, 0.05) is 12.0 Å². The zero-order chi connectivity index (χ0) is 13.6. The van der Waals surface area contributed by atoms with E-state index in [9.17, 15) is 4.79 Å². The van der Waals surface area contributed by atoms with Crippen molar-refractivity contribution in [1.29, 1.82) is 0 Å². The van der Waals surface area contributed by atoms with Crippen LogP contribution in [0.2, 0.25) is 0 Å². The molecule has 0 bridgehead atoms. The maximum atomic E-state index is 11.8. The number of rotatable bonds is 2. The van der Waals surface area contributed by atoms with Crippen LogP contribution in [0.3, 0.4) is 0 Å². The second kappa shape index (κ2) is 4.06. The third-order valence-electron chi connectivity index (χ3n) is 4.14. The van der Waals surface area contributed by atoms with E-state index in [0.717, 1.165) is 25.3 Å². The third kappa shape index (κ3) is 1.73. The van der Waals surface area contributed by atoms with E-state index in [0.29, 0.717) is 17.1 Å². The predicted octanol–water partition coefficient (Wildman–Crippen LogP) is 0.116. The van der Waals surface area contributed by atoms with E-state index in [1.54, 1.807) is 0 Å². The van der Waals surface area contributed by atoms with E-state index < -0.39 is 0 Å². The van der Waals surface area contributed by atoms with Gasteiger partial charge in [0.15, 0.2) is 11.2 Å². The average Bonchev–Trinajstić information content (AvgIpc) is 2.93. The minimum atomic E-state index is -0.272. The van der Waals surface area contributed by atoms with Gasteiger partial charge in [0.25, 0.3) is 5.56 Å². The number of imidazole rings is 1. The molecule has 1 aliphatic rings. The Labute approximate surface area is 110 Å². The molecule has 3 rings (SSSR count). The molecule has 2 aromatic heterocycles. The SMILES string of the molecule is CC(C)C1(c2nc3nc(N)[nH]c(=O)c3[nH]2)CCNC1. The average molecular weight is 262 g/mol. The molecular weight excluding hydrogens is 244 g/mol. The highest BCUT2D eigenvalue weighted by molar-refractivity contribution is 5.70. The largest absolute Gasteiger partial charge is 0.369 e. The Kier molecular flexibility index (Phi) is 2.60. The number of nitrogens with one attached hydrogen (secondary N) is 3. The van der Waals surface area contributed by atoms with Crippen LogP contribution in [0.5, 0.6) is 0 Å². The lowest BCUT2D eigenvalue weighted by Crippen LogP contribution is -2.35. The fraction of sp³-hybridized carbons (Fsp3) is 0.583. The quantitative estimate of drug-likeness (QED) is 0.614. The van der Waals surface area contributed by atoms with Gasteiger partial charge in [-0.05, 0) is 18.9 Å². The van der Waals surface area contributed by atoms with Crippen LogP contribution in [0.15, 0.2) is 4.79 Å². The minimum absolute atomic E-state index is 0.0676. The summed E-state index contributed by atoms with van der Waals surface area (Å²) in [7, 11) is 0.